The van der Waals surface area contributed by atoms with Gasteiger partial charge in [-0.1, -0.05) is 23.6 Å². The van der Waals surface area contributed by atoms with Gasteiger partial charge in [0.1, 0.15) is 12.1 Å². The maximum absolute atomic E-state index is 11.0. The van der Waals surface area contributed by atoms with Crippen molar-refractivity contribution in [2.24, 2.45) is 0 Å². The molecular formula is C16H9ClN4O2. The number of benzene rings is 2. The third-order valence-corrected chi connectivity index (χ3v) is 3.64. The molecule has 0 aliphatic carbocycles. The predicted molar refractivity (Wildman–Crippen MR) is 88.9 cm³/mol. The molecule has 1 aromatic heterocycles. The molecule has 1 N–H and O–H groups in total. The summed E-state index contributed by atoms with van der Waals surface area (Å²) in [6.07, 6.45) is 6.76. The lowest BCUT2D eigenvalue weighted by Gasteiger charge is -2.10. The lowest BCUT2D eigenvalue weighted by molar-refractivity contribution is -0.384. The summed E-state index contributed by atoms with van der Waals surface area (Å²) in [7, 11) is 0. The summed E-state index contributed by atoms with van der Waals surface area (Å²) in [5, 5.41) is 14.9. The molecule has 1 heterocycles. The summed E-state index contributed by atoms with van der Waals surface area (Å²) in [5.74, 6) is 2.90. The summed E-state index contributed by atoms with van der Waals surface area (Å²) in [5.41, 5.74) is 1.64. The number of hydrogen-bond acceptors (Lipinski definition) is 5. The maximum Gasteiger partial charge on any atom is 0.270 e. The molecule has 0 saturated carbocycles. The molecule has 2 aromatic carbocycles. The molecule has 0 radical (unpaired) electrons. The monoisotopic (exact) mass is 324 g/mol. The highest BCUT2D eigenvalue weighted by molar-refractivity contribution is 6.34. The van der Waals surface area contributed by atoms with Crippen LogP contribution in [0.2, 0.25) is 5.02 Å². The predicted octanol–water partition coefficient (Wildman–Crippen LogP) is 3.92. The van der Waals surface area contributed by atoms with Crippen molar-refractivity contribution in [3.05, 3.63) is 63.4 Å². The van der Waals surface area contributed by atoms with E-state index in [2.05, 4.69) is 21.2 Å². The molecule has 0 atom stereocenters. The van der Waals surface area contributed by atoms with Crippen molar-refractivity contribution in [1.29, 1.82) is 0 Å². The smallest absolute Gasteiger partial charge is 0.270 e. The molecule has 3 rings (SSSR count). The fraction of sp³-hybridized carbons (Fsp3) is 0. The first-order chi connectivity index (χ1) is 11.1. The van der Waals surface area contributed by atoms with Crippen molar-refractivity contribution in [1.82, 2.24) is 9.97 Å². The van der Waals surface area contributed by atoms with Gasteiger partial charge in [-0.2, -0.15) is 0 Å². The van der Waals surface area contributed by atoms with Crippen LogP contribution in [0.1, 0.15) is 5.56 Å². The Labute approximate surface area is 136 Å². The quantitative estimate of drug-likeness (QED) is 0.448. The first kappa shape index (κ1) is 14.8. The van der Waals surface area contributed by atoms with E-state index in [0.717, 1.165) is 0 Å². The van der Waals surface area contributed by atoms with Gasteiger partial charge in [0.15, 0.2) is 0 Å². The van der Waals surface area contributed by atoms with Crippen LogP contribution in [0.4, 0.5) is 17.2 Å². The van der Waals surface area contributed by atoms with Crippen molar-refractivity contribution < 1.29 is 4.92 Å². The van der Waals surface area contributed by atoms with Crippen LogP contribution in [-0.2, 0) is 0 Å². The van der Waals surface area contributed by atoms with Gasteiger partial charge >= 0.3 is 0 Å². The Balaban J connectivity index is 2.12. The van der Waals surface area contributed by atoms with Gasteiger partial charge in [0.05, 0.1) is 21.2 Å². The maximum atomic E-state index is 11.0. The molecule has 23 heavy (non-hydrogen) atoms. The number of nitro benzene ring substituents is 1. The molecule has 0 spiro atoms. The van der Waals surface area contributed by atoms with Crippen molar-refractivity contribution in [3.8, 4) is 12.3 Å². The average molecular weight is 325 g/mol. The Hall–Kier alpha value is -3.17. The second-order valence-corrected chi connectivity index (χ2v) is 5.00. The molecule has 7 heteroatoms. The number of rotatable bonds is 3. The van der Waals surface area contributed by atoms with Crippen molar-refractivity contribution in [2.45, 2.75) is 0 Å². The highest BCUT2D eigenvalue weighted by Gasteiger charge is 2.12. The minimum atomic E-state index is -0.470. The Morgan fingerprint density at radius 2 is 2.09 bits per heavy atom. The highest BCUT2D eigenvalue weighted by Crippen LogP contribution is 2.31. The average Bonchev–Trinajstić information content (AvgIpc) is 2.56. The molecule has 0 aliphatic heterocycles. The van der Waals surface area contributed by atoms with E-state index in [4.69, 9.17) is 18.0 Å². The normalized spacial score (nSPS) is 10.3. The number of nitro groups is 1. The summed E-state index contributed by atoms with van der Waals surface area (Å²) in [4.78, 5) is 18.7. The van der Waals surface area contributed by atoms with E-state index in [1.807, 2.05) is 0 Å². The van der Waals surface area contributed by atoms with E-state index < -0.39 is 4.92 Å². The zero-order chi connectivity index (χ0) is 16.4. The van der Waals surface area contributed by atoms with E-state index in [1.165, 1.54) is 18.5 Å². The third kappa shape index (κ3) is 2.78. The zero-order valence-electron chi connectivity index (χ0n) is 11.7. The van der Waals surface area contributed by atoms with Gasteiger partial charge in [-0.3, -0.25) is 10.1 Å². The molecular weight excluding hydrogens is 316 g/mol. The molecule has 0 aliphatic rings. The van der Waals surface area contributed by atoms with Crippen LogP contribution >= 0.6 is 11.6 Å². The fourth-order valence-corrected chi connectivity index (χ4v) is 2.35. The van der Waals surface area contributed by atoms with Crippen molar-refractivity contribution in [3.63, 3.8) is 0 Å². The van der Waals surface area contributed by atoms with Crippen molar-refractivity contribution >= 4 is 39.7 Å². The number of anilines is 2. The number of nitrogens with zero attached hydrogens (tertiary/aromatic N) is 3. The Morgan fingerprint density at radius 1 is 1.26 bits per heavy atom. The van der Waals surface area contributed by atoms with Crippen molar-refractivity contribution in [2.75, 3.05) is 5.32 Å². The van der Waals surface area contributed by atoms with E-state index in [-0.39, 0.29) is 5.69 Å². The summed E-state index contributed by atoms with van der Waals surface area (Å²) in [6.45, 7) is 0. The van der Waals surface area contributed by atoms with Crippen LogP contribution in [0.5, 0.6) is 0 Å². The van der Waals surface area contributed by atoms with E-state index in [1.54, 1.807) is 24.3 Å². The highest BCUT2D eigenvalue weighted by atomic mass is 35.5. The van der Waals surface area contributed by atoms with E-state index in [0.29, 0.717) is 33.0 Å². The molecule has 112 valence electrons. The number of hydrogen-bond donors (Lipinski definition) is 1. The zero-order valence-corrected chi connectivity index (χ0v) is 12.4. The number of non-ortho nitro benzene ring substituents is 1. The minimum Gasteiger partial charge on any atom is -0.338 e. The van der Waals surface area contributed by atoms with Crippen LogP contribution in [-0.4, -0.2) is 14.9 Å². The third-order valence-electron chi connectivity index (χ3n) is 3.24. The topological polar surface area (TPSA) is 81.0 Å². The van der Waals surface area contributed by atoms with Gasteiger partial charge in [0, 0.05) is 23.1 Å². The van der Waals surface area contributed by atoms with E-state index >= 15 is 0 Å². The molecule has 0 unspecified atom stereocenters. The number of aromatic nitrogens is 2. The van der Waals surface area contributed by atoms with Gasteiger partial charge < -0.3 is 5.32 Å². The summed E-state index contributed by atoms with van der Waals surface area (Å²) in [6, 6.07) is 9.60. The van der Waals surface area contributed by atoms with Crippen LogP contribution in [0.15, 0.2) is 42.7 Å². The van der Waals surface area contributed by atoms with Gasteiger partial charge in [-0.25, -0.2) is 9.97 Å². The summed E-state index contributed by atoms with van der Waals surface area (Å²) < 4.78 is 0. The van der Waals surface area contributed by atoms with Gasteiger partial charge in [0.2, 0.25) is 0 Å². The Bertz CT molecular complexity index is 966. The Morgan fingerprint density at radius 3 is 2.83 bits per heavy atom. The number of halogens is 1. The van der Waals surface area contributed by atoms with Crippen LogP contribution in [0.3, 0.4) is 0 Å². The van der Waals surface area contributed by atoms with E-state index in [9.17, 15) is 10.1 Å². The van der Waals surface area contributed by atoms with Crippen LogP contribution in [0.25, 0.3) is 10.9 Å². The lowest BCUT2D eigenvalue weighted by Crippen LogP contribution is -1.98. The molecule has 3 aromatic rings. The molecule has 0 bridgehead atoms. The first-order valence-corrected chi connectivity index (χ1v) is 6.89. The second kappa shape index (κ2) is 5.91. The number of nitrogens with one attached hydrogen (secondary N) is 1. The van der Waals surface area contributed by atoms with Crippen LogP contribution in [0, 0.1) is 22.5 Å². The minimum absolute atomic E-state index is 0.0428. The SMILES string of the molecule is C#Cc1cccc(Nc2ncnc3ccc([N+](=O)[O-])cc23)c1Cl. The summed E-state index contributed by atoms with van der Waals surface area (Å²) >= 11 is 6.24. The second-order valence-electron chi connectivity index (χ2n) is 4.62. The van der Waals surface area contributed by atoms with Gasteiger partial charge in [0.25, 0.3) is 5.69 Å². The molecule has 0 fully saturated rings. The van der Waals surface area contributed by atoms with Crippen LogP contribution < -0.4 is 5.32 Å². The largest absolute Gasteiger partial charge is 0.338 e. The number of terminal acetylenes is 1. The molecule has 0 amide bonds. The Kier molecular flexibility index (Phi) is 3.79. The first-order valence-electron chi connectivity index (χ1n) is 6.51. The fourth-order valence-electron chi connectivity index (χ4n) is 2.13. The number of fused-ring (bicyclic) bond motifs is 1. The standard InChI is InChI=1S/C16H9ClN4O2/c1-2-10-4-3-5-14(15(10)17)20-16-12-8-11(21(22)23)6-7-13(12)18-9-19-16/h1,3-9H,(H,18,19,20). The molecule has 6 nitrogen and oxygen atoms in total. The molecule has 0 saturated heterocycles. The van der Waals surface area contributed by atoms with Gasteiger partial charge in [-0.15, -0.1) is 6.42 Å². The van der Waals surface area contributed by atoms with Gasteiger partial charge in [-0.05, 0) is 18.2 Å². The lowest BCUT2D eigenvalue weighted by atomic mass is 10.2.